The first-order valence-electron chi connectivity index (χ1n) is 6.23. The van der Waals surface area contributed by atoms with Gasteiger partial charge in [-0.1, -0.05) is 27.7 Å². The molecule has 1 fully saturated rings. The first-order valence-corrected chi connectivity index (χ1v) is 6.23. The summed E-state index contributed by atoms with van der Waals surface area (Å²) in [6.45, 7) is 8.98. The van der Waals surface area contributed by atoms with Crippen LogP contribution in [0.1, 0.15) is 33.3 Å². The van der Waals surface area contributed by atoms with Gasteiger partial charge in [-0.05, 0) is 10.8 Å². The van der Waals surface area contributed by atoms with Crippen LogP contribution in [-0.2, 0) is 18.4 Å². The van der Waals surface area contributed by atoms with E-state index in [9.17, 15) is 4.79 Å². The van der Waals surface area contributed by atoms with Crippen LogP contribution in [0.5, 0.6) is 0 Å². The van der Waals surface area contributed by atoms with Gasteiger partial charge in [-0.3, -0.25) is 9.48 Å². The van der Waals surface area contributed by atoms with Crippen molar-refractivity contribution >= 4 is 11.7 Å². The van der Waals surface area contributed by atoms with E-state index >= 15 is 0 Å². The molecule has 100 valence electrons. The molecular formula is C13H22N4O. The Morgan fingerprint density at radius 1 is 1.44 bits per heavy atom. The van der Waals surface area contributed by atoms with Crippen LogP contribution in [-0.4, -0.2) is 15.7 Å². The van der Waals surface area contributed by atoms with Gasteiger partial charge in [0.2, 0.25) is 5.91 Å². The van der Waals surface area contributed by atoms with Crippen molar-refractivity contribution in [1.29, 1.82) is 0 Å². The summed E-state index contributed by atoms with van der Waals surface area (Å²) in [6.07, 6.45) is 1.69. The number of nitrogen functional groups attached to an aromatic ring is 1. The molecule has 3 N–H and O–H groups in total. The fraction of sp³-hybridized carbons (Fsp3) is 0.692. The minimum atomic E-state index is 0.0670. The number of carbonyl (C=O) groups excluding carboxylic acids is 1. The minimum absolute atomic E-state index is 0.0670. The first kappa shape index (κ1) is 12.9. The number of aromatic nitrogens is 2. The normalized spacial score (nSPS) is 20.7. The number of nitrogens with one attached hydrogen (secondary N) is 1. The molecule has 1 heterocycles. The van der Waals surface area contributed by atoms with Crippen molar-refractivity contribution in [2.24, 2.45) is 23.8 Å². The molecule has 5 nitrogen and oxygen atoms in total. The van der Waals surface area contributed by atoms with Gasteiger partial charge in [-0.2, -0.15) is 5.10 Å². The lowest BCUT2D eigenvalue weighted by molar-refractivity contribution is -0.123. The summed E-state index contributed by atoms with van der Waals surface area (Å²) < 4.78 is 1.60. The zero-order valence-electron chi connectivity index (χ0n) is 11.7. The molecule has 0 aliphatic heterocycles. The summed E-state index contributed by atoms with van der Waals surface area (Å²) in [4.78, 5) is 12.1. The van der Waals surface area contributed by atoms with Crippen molar-refractivity contribution in [3.63, 3.8) is 0 Å². The van der Waals surface area contributed by atoms with Crippen LogP contribution in [0.15, 0.2) is 6.20 Å². The molecule has 1 aromatic heterocycles. The van der Waals surface area contributed by atoms with E-state index in [0.717, 1.165) is 5.56 Å². The average Bonchev–Trinajstić information content (AvgIpc) is 2.51. The summed E-state index contributed by atoms with van der Waals surface area (Å²) in [5, 5.41) is 7.01. The topological polar surface area (TPSA) is 72.9 Å². The zero-order chi connectivity index (χ0) is 13.7. The molecule has 1 saturated carbocycles. The highest BCUT2D eigenvalue weighted by Gasteiger charge is 2.68. The highest BCUT2D eigenvalue weighted by atomic mass is 16.2. The molecule has 1 aliphatic carbocycles. The van der Waals surface area contributed by atoms with Gasteiger partial charge in [-0.25, -0.2) is 0 Å². The van der Waals surface area contributed by atoms with Crippen molar-refractivity contribution in [2.45, 2.75) is 34.2 Å². The Labute approximate surface area is 108 Å². The number of nitrogens with two attached hydrogens (primary N) is 1. The second-order valence-electron chi connectivity index (χ2n) is 6.27. The first-order chi connectivity index (χ1) is 8.19. The van der Waals surface area contributed by atoms with E-state index in [-0.39, 0.29) is 22.7 Å². The third-order valence-corrected chi connectivity index (χ3v) is 4.80. The summed E-state index contributed by atoms with van der Waals surface area (Å²) in [7, 11) is 1.79. The standard InChI is InChI=1S/C13H22N4O/c1-12(2)9(13(12,3)4)11(18)15-6-8-7-16-17(5)10(8)14/h7,9H,6,14H2,1-5H3,(H,15,18). The second-order valence-corrected chi connectivity index (χ2v) is 6.27. The molecule has 18 heavy (non-hydrogen) atoms. The van der Waals surface area contributed by atoms with Gasteiger partial charge in [0, 0.05) is 25.1 Å². The number of aryl methyl sites for hydroxylation is 1. The van der Waals surface area contributed by atoms with Crippen LogP contribution < -0.4 is 11.1 Å². The van der Waals surface area contributed by atoms with Gasteiger partial charge >= 0.3 is 0 Å². The molecule has 0 saturated heterocycles. The predicted octanol–water partition coefficient (Wildman–Crippen LogP) is 1.30. The SMILES string of the molecule is Cn1ncc(CNC(=O)C2C(C)(C)C2(C)C)c1N. The quantitative estimate of drug-likeness (QED) is 0.849. The van der Waals surface area contributed by atoms with E-state index in [4.69, 9.17) is 5.73 Å². The second kappa shape index (κ2) is 3.73. The Hall–Kier alpha value is -1.52. The summed E-state index contributed by atoms with van der Waals surface area (Å²) in [6, 6.07) is 0. The number of nitrogens with zero attached hydrogens (tertiary/aromatic N) is 2. The van der Waals surface area contributed by atoms with Gasteiger partial charge in [0.05, 0.1) is 6.20 Å². The number of hydrogen-bond acceptors (Lipinski definition) is 3. The molecule has 1 aromatic rings. The fourth-order valence-corrected chi connectivity index (χ4v) is 2.76. The molecule has 0 aromatic carbocycles. The number of anilines is 1. The maximum atomic E-state index is 12.1. The van der Waals surface area contributed by atoms with Crippen molar-refractivity contribution in [1.82, 2.24) is 15.1 Å². The van der Waals surface area contributed by atoms with Crippen LogP contribution in [0.3, 0.4) is 0 Å². The zero-order valence-corrected chi connectivity index (χ0v) is 11.7. The molecule has 0 bridgehead atoms. The number of amides is 1. The third-order valence-electron chi connectivity index (χ3n) is 4.80. The Balaban J connectivity index is 1.97. The maximum absolute atomic E-state index is 12.1. The molecule has 2 rings (SSSR count). The fourth-order valence-electron chi connectivity index (χ4n) is 2.76. The Bertz CT molecular complexity index is 473. The van der Waals surface area contributed by atoms with Crippen LogP contribution in [0, 0.1) is 16.7 Å². The van der Waals surface area contributed by atoms with E-state index in [2.05, 4.69) is 38.1 Å². The van der Waals surface area contributed by atoms with E-state index in [0.29, 0.717) is 12.4 Å². The summed E-state index contributed by atoms with van der Waals surface area (Å²) in [5.41, 5.74) is 6.83. The summed E-state index contributed by atoms with van der Waals surface area (Å²) >= 11 is 0. The van der Waals surface area contributed by atoms with Crippen LogP contribution in [0.2, 0.25) is 0 Å². The van der Waals surface area contributed by atoms with Gasteiger partial charge < -0.3 is 11.1 Å². The van der Waals surface area contributed by atoms with Gasteiger partial charge in [0.1, 0.15) is 5.82 Å². The lowest BCUT2D eigenvalue weighted by atomic mass is 10.0. The van der Waals surface area contributed by atoms with E-state index in [1.165, 1.54) is 0 Å². The van der Waals surface area contributed by atoms with Crippen LogP contribution >= 0.6 is 0 Å². The Kier molecular flexibility index (Phi) is 2.68. The lowest BCUT2D eigenvalue weighted by Gasteiger charge is -2.06. The van der Waals surface area contributed by atoms with Gasteiger partial charge in [0.25, 0.3) is 0 Å². The maximum Gasteiger partial charge on any atom is 0.224 e. The van der Waals surface area contributed by atoms with Crippen molar-refractivity contribution in [3.8, 4) is 0 Å². The van der Waals surface area contributed by atoms with E-state index < -0.39 is 0 Å². The largest absolute Gasteiger partial charge is 0.384 e. The number of rotatable bonds is 3. The highest BCUT2D eigenvalue weighted by molar-refractivity contribution is 5.84. The Morgan fingerprint density at radius 3 is 2.39 bits per heavy atom. The van der Waals surface area contributed by atoms with E-state index in [1.54, 1.807) is 17.9 Å². The molecule has 0 unspecified atom stereocenters. The summed E-state index contributed by atoms with van der Waals surface area (Å²) in [5.74, 6) is 0.778. The smallest absolute Gasteiger partial charge is 0.224 e. The minimum Gasteiger partial charge on any atom is -0.384 e. The lowest BCUT2D eigenvalue weighted by Crippen LogP contribution is -2.27. The van der Waals surface area contributed by atoms with Crippen LogP contribution in [0.25, 0.3) is 0 Å². The van der Waals surface area contributed by atoms with Gasteiger partial charge in [-0.15, -0.1) is 0 Å². The molecule has 5 heteroatoms. The predicted molar refractivity (Wildman–Crippen MR) is 70.5 cm³/mol. The average molecular weight is 250 g/mol. The van der Waals surface area contributed by atoms with Crippen molar-refractivity contribution < 1.29 is 4.79 Å². The molecule has 1 aliphatic rings. The monoisotopic (exact) mass is 250 g/mol. The van der Waals surface area contributed by atoms with Crippen molar-refractivity contribution in [3.05, 3.63) is 11.8 Å². The van der Waals surface area contributed by atoms with Crippen molar-refractivity contribution in [2.75, 3.05) is 5.73 Å². The molecule has 0 radical (unpaired) electrons. The third kappa shape index (κ3) is 1.69. The van der Waals surface area contributed by atoms with Gasteiger partial charge in [0.15, 0.2) is 0 Å². The molecule has 0 spiro atoms. The highest BCUT2D eigenvalue weighted by Crippen LogP contribution is 2.68. The number of carbonyl (C=O) groups is 1. The molecule has 1 amide bonds. The Morgan fingerprint density at radius 2 is 2.00 bits per heavy atom. The molecular weight excluding hydrogens is 228 g/mol. The molecule has 0 atom stereocenters. The van der Waals surface area contributed by atoms with Crippen LogP contribution in [0.4, 0.5) is 5.82 Å². The van der Waals surface area contributed by atoms with E-state index in [1.807, 2.05) is 0 Å². The number of hydrogen-bond donors (Lipinski definition) is 2.